The molecule has 1 aromatic carbocycles. The largest absolute Gasteiger partial charge is 0.563 e. The van der Waals surface area contributed by atoms with Crippen molar-refractivity contribution in [2.45, 2.75) is 64.1 Å². The summed E-state index contributed by atoms with van der Waals surface area (Å²) < 4.78 is 14.3. The zero-order valence-corrected chi connectivity index (χ0v) is 16.4. The minimum Gasteiger partial charge on any atom is -0.534 e. The molecule has 5 rings (SSSR count). The van der Waals surface area contributed by atoms with Gasteiger partial charge in [0.05, 0.1) is 16.8 Å². The van der Waals surface area contributed by atoms with Crippen LogP contribution in [0.2, 0.25) is 0 Å². The fourth-order valence-electron chi connectivity index (χ4n) is 4.74. The van der Waals surface area contributed by atoms with Gasteiger partial charge in [0.25, 0.3) is 0 Å². The number of fused-ring (bicyclic) bond motifs is 4. The molecule has 0 aliphatic carbocycles. The van der Waals surface area contributed by atoms with Crippen molar-refractivity contribution >= 4 is 23.6 Å². The molecular formula is C21H28BN3O2. The first kappa shape index (κ1) is 17.3. The highest BCUT2D eigenvalue weighted by Gasteiger charge is 2.43. The van der Waals surface area contributed by atoms with Gasteiger partial charge in [-0.2, -0.15) is 0 Å². The Labute approximate surface area is 161 Å². The standard InChI is InChI=1S/C21H28BN3O2/c1-15-21(2,3)27-22(26-15)16-8-9-19-18(13-16)23-20-14-17-7-4-5-10-24(17)11-6-12-25(19)20/h8-9,13,17H,1,4-7,10-12,14H2,2-3H3. The fourth-order valence-corrected chi connectivity index (χ4v) is 4.74. The van der Waals surface area contributed by atoms with E-state index in [9.17, 15) is 0 Å². The summed E-state index contributed by atoms with van der Waals surface area (Å²) in [5, 5.41) is 0. The van der Waals surface area contributed by atoms with Gasteiger partial charge in [0.2, 0.25) is 0 Å². The quantitative estimate of drug-likeness (QED) is 0.729. The van der Waals surface area contributed by atoms with Gasteiger partial charge in [-0.25, -0.2) is 4.98 Å². The number of hydrogen-bond donors (Lipinski definition) is 0. The molecule has 5 nitrogen and oxygen atoms in total. The zero-order chi connectivity index (χ0) is 18.6. The molecule has 2 saturated heterocycles. The molecule has 1 unspecified atom stereocenters. The van der Waals surface area contributed by atoms with Crippen LogP contribution in [0.5, 0.6) is 0 Å². The van der Waals surface area contributed by atoms with Crippen LogP contribution in [0.3, 0.4) is 0 Å². The Hall–Kier alpha value is -1.79. The lowest BCUT2D eigenvalue weighted by Crippen LogP contribution is -2.43. The third kappa shape index (κ3) is 2.99. The number of imidazole rings is 1. The Morgan fingerprint density at radius 3 is 2.85 bits per heavy atom. The van der Waals surface area contributed by atoms with E-state index in [0.717, 1.165) is 23.9 Å². The molecule has 2 fully saturated rings. The molecule has 0 saturated carbocycles. The van der Waals surface area contributed by atoms with E-state index < -0.39 is 12.7 Å². The smallest absolute Gasteiger partial charge is 0.534 e. The average Bonchev–Trinajstić information content (AvgIpc) is 3.10. The summed E-state index contributed by atoms with van der Waals surface area (Å²) in [5.41, 5.74) is 2.84. The van der Waals surface area contributed by atoms with Gasteiger partial charge >= 0.3 is 7.12 Å². The molecule has 3 aliphatic rings. The SMILES string of the molecule is C=C1OB(c2ccc3c(c2)nc2n3CCCN3CCCCC3C2)OC1(C)C. The molecule has 4 heterocycles. The second-order valence-corrected chi connectivity index (χ2v) is 8.67. The van der Waals surface area contributed by atoms with Crippen LogP contribution in [0.4, 0.5) is 0 Å². The van der Waals surface area contributed by atoms with Crippen LogP contribution in [0, 0.1) is 0 Å². The summed E-state index contributed by atoms with van der Waals surface area (Å²) in [6.07, 6.45) is 6.25. The van der Waals surface area contributed by atoms with Gasteiger partial charge < -0.3 is 13.9 Å². The van der Waals surface area contributed by atoms with Crippen LogP contribution in [0.25, 0.3) is 11.0 Å². The van der Waals surface area contributed by atoms with Crippen LogP contribution >= 0.6 is 0 Å². The summed E-state index contributed by atoms with van der Waals surface area (Å²) in [6.45, 7) is 11.5. The Balaban J connectivity index is 1.48. The predicted molar refractivity (Wildman–Crippen MR) is 108 cm³/mol. The first-order chi connectivity index (χ1) is 13.0. The summed E-state index contributed by atoms with van der Waals surface area (Å²) in [5.74, 6) is 1.92. The second kappa shape index (κ2) is 6.38. The van der Waals surface area contributed by atoms with E-state index in [1.807, 2.05) is 13.8 Å². The minimum absolute atomic E-state index is 0.394. The maximum atomic E-state index is 6.05. The maximum absolute atomic E-state index is 6.05. The molecule has 0 N–H and O–H groups in total. The van der Waals surface area contributed by atoms with Crippen LogP contribution < -0.4 is 5.46 Å². The molecule has 1 aromatic heterocycles. The Morgan fingerprint density at radius 2 is 2.04 bits per heavy atom. The zero-order valence-electron chi connectivity index (χ0n) is 16.4. The lowest BCUT2D eigenvalue weighted by molar-refractivity contribution is 0.135. The molecule has 0 bridgehead atoms. The molecule has 3 aliphatic heterocycles. The van der Waals surface area contributed by atoms with Crippen molar-refractivity contribution in [2.24, 2.45) is 0 Å². The van der Waals surface area contributed by atoms with E-state index in [-0.39, 0.29) is 0 Å². The highest BCUT2D eigenvalue weighted by Crippen LogP contribution is 2.30. The molecular weight excluding hydrogens is 337 g/mol. The van der Waals surface area contributed by atoms with Gasteiger partial charge in [-0.1, -0.05) is 19.1 Å². The maximum Gasteiger partial charge on any atom is 0.563 e. The van der Waals surface area contributed by atoms with Gasteiger partial charge in [0, 0.05) is 25.6 Å². The van der Waals surface area contributed by atoms with E-state index in [0.29, 0.717) is 11.8 Å². The second-order valence-electron chi connectivity index (χ2n) is 8.67. The summed E-state index contributed by atoms with van der Waals surface area (Å²) in [7, 11) is -0.394. The van der Waals surface area contributed by atoms with Gasteiger partial charge in [0.1, 0.15) is 11.4 Å². The monoisotopic (exact) mass is 365 g/mol. The van der Waals surface area contributed by atoms with Gasteiger partial charge in [-0.3, -0.25) is 4.90 Å². The van der Waals surface area contributed by atoms with Crippen molar-refractivity contribution < 1.29 is 9.31 Å². The number of nitrogens with zero attached hydrogens (tertiary/aromatic N) is 3. The molecule has 27 heavy (non-hydrogen) atoms. The molecule has 0 spiro atoms. The summed E-state index contributed by atoms with van der Waals surface area (Å²) in [4.78, 5) is 7.72. The van der Waals surface area contributed by atoms with Crippen molar-refractivity contribution in [2.75, 3.05) is 13.1 Å². The molecule has 6 heteroatoms. The molecule has 0 amide bonds. The van der Waals surface area contributed by atoms with Crippen LogP contribution in [-0.4, -0.2) is 46.3 Å². The first-order valence-electron chi connectivity index (χ1n) is 10.3. The molecule has 142 valence electrons. The average molecular weight is 365 g/mol. The van der Waals surface area contributed by atoms with Crippen molar-refractivity contribution in [3.63, 3.8) is 0 Å². The van der Waals surface area contributed by atoms with Gasteiger partial charge in [-0.05, 0) is 57.3 Å². The fraction of sp³-hybridized carbons (Fsp3) is 0.571. The van der Waals surface area contributed by atoms with Crippen LogP contribution in [0.1, 0.15) is 45.4 Å². The van der Waals surface area contributed by atoms with E-state index in [1.165, 1.54) is 50.1 Å². The molecule has 1 atom stereocenters. The molecule has 0 radical (unpaired) electrons. The van der Waals surface area contributed by atoms with Gasteiger partial charge in [0.15, 0.2) is 0 Å². The van der Waals surface area contributed by atoms with Gasteiger partial charge in [-0.15, -0.1) is 0 Å². The highest BCUT2D eigenvalue weighted by atomic mass is 16.7. The normalized spacial score (nSPS) is 25.6. The minimum atomic E-state index is -0.451. The molecule has 2 aromatic rings. The van der Waals surface area contributed by atoms with Crippen molar-refractivity contribution in [1.82, 2.24) is 14.5 Å². The van der Waals surface area contributed by atoms with Crippen LogP contribution in [-0.2, 0) is 22.3 Å². The predicted octanol–water partition coefficient (Wildman–Crippen LogP) is 2.87. The number of rotatable bonds is 1. The van der Waals surface area contributed by atoms with E-state index >= 15 is 0 Å². The Kier molecular flexibility index (Phi) is 4.10. The number of aryl methyl sites for hydroxylation is 1. The number of benzene rings is 1. The highest BCUT2D eigenvalue weighted by molar-refractivity contribution is 6.62. The summed E-state index contributed by atoms with van der Waals surface area (Å²) in [6, 6.07) is 7.08. The Bertz CT molecular complexity index is 891. The number of aromatic nitrogens is 2. The van der Waals surface area contributed by atoms with E-state index in [4.69, 9.17) is 14.3 Å². The lowest BCUT2D eigenvalue weighted by atomic mass is 9.79. The third-order valence-corrected chi connectivity index (χ3v) is 6.44. The third-order valence-electron chi connectivity index (χ3n) is 6.44. The number of hydrogen-bond acceptors (Lipinski definition) is 4. The first-order valence-corrected chi connectivity index (χ1v) is 10.3. The van der Waals surface area contributed by atoms with E-state index in [2.05, 4.69) is 34.2 Å². The Morgan fingerprint density at radius 1 is 1.19 bits per heavy atom. The lowest BCUT2D eigenvalue weighted by Gasteiger charge is -2.37. The van der Waals surface area contributed by atoms with Crippen molar-refractivity contribution in [1.29, 1.82) is 0 Å². The number of piperidine rings is 1. The van der Waals surface area contributed by atoms with Crippen molar-refractivity contribution in [3.8, 4) is 0 Å². The van der Waals surface area contributed by atoms with E-state index in [1.54, 1.807) is 0 Å². The topological polar surface area (TPSA) is 39.5 Å². The van der Waals surface area contributed by atoms with Crippen LogP contribution in [0.15, 0.2) is 30.5 Å². The van der Waals surface area contributed by atoms with Crippen molar-refractivity contribution in [3.05, 3.63) is 36.4 Å². The summed E-state index contributed by atoms with van der Waals surface area (Å²) >= 11 is 0.